The minimum atomic E-state index is 0.741. The van der Waals surface area contributed by atoms with Gasteiger partial charge >= 0.3 is 0 Å². The Bertz CT molecular complexity index is 676. The van der Waals surface area contributed by atoms with Crippen LogP contribution in [0.2, 0.25) is 4.34 Å². The number of halogens is 1. The van der Waals surface area contributed by atoms with Crippen LogP contribution in [0.1, 0.15) is 0 Å². The highest BCUT2D eigenvalue weighted by atomic mass is 35.5. The largest absolute Gasteiger partial charge is 0.497 e. The van der Waals surface area contributed by atoms with Crippen molar-refractivity contribution in [3.8, 4) is 16.5 Å². The van der Waals surface area contributed by atoms with E-state index in [0.717, 1.165) is 26.4 Å². The fourth-order valence-corrected chi connectivity index (χ4v) is 2.63. The molecule has 0 atom stereocenters. The predicted molar refractivity (Wildman–Crippen MR) is 67.9 cm³/mol. The van der Waals surface area contributed by atoms with Gasteiger partial charge in [-0.15, -0.1) is 21.5 Å². The van der Waals surface area contributed by atoms with Crippen molar-refractivity contribution < 1.29 is 4.74 Å². The van der Waals surface area contributed by atoms with Crippen molar-refractivity contribution >= 4 is 28.6 Å². The van der Waals surface area contributed by atoms with Crippen molar-refractivity contribution in [2.75, 3.05) is 7.11 Å². The van der Waals surface area contributed by atoms with Gasteiger partial charge in [-0.2, -0.15) is 0 Å². The van der Waals surface area contributed by atoms with Crippen LogP contribution in [0.4, 0.5) is 0 Å². The highest BCUT2D eigenvalue weighted by Gasteiger charge is 2.10. The van der Waals surface area contributed by atoms with Gasteiger partial charge in [-0.3, -0.25) is 4.40 Å². The van der Waals surface area contributed by atoms with Gasteiger partial charge in [-0.25, -0.2) is 0 Å². The maximum absolute atomic E-state index is 5.92. The second-order valence-electron chi connectivity index (χ2n) is 3.42. The van der Waals surface area contributed by atoms with Crippen LogP contribution in [0.15, 0.2) is 30.5 Å². The smallest absolute Gasteiger partial charge is 0.178 e. The van der Waals surface area contributed by atoms with Crippen molar-refractivity contribution in [2.24, 2.45) is 0 Å². The molecule has 0 aromatic carbocycles. The topological polar surface area (TPSA) is 39.4 Å². The molecule has 86 valence electrons. The number of hydrogen-bond donors (Lipinski definition) is 0. The number of pyridine rings is 1. The molecule has 17 heavy (non-hydrogen) atoms. The summed E-state index contributed by atoms with van der Waals surface area (Å²) in [5.41, 5.74) is 0.754. The van der Waals surface area contributed by atoms with E-state index in [0.29, 0.717) is 0 Å². The molecule has 3 aromatic heterocycles. The first-order valence-electron chi connectivity index (χ1n) is 4.92. The fourth-order valence-electron chi connectivity index (χ4n) is 1.60. The van der Waals surface area contributed by atoms with Crippen LogP contribution in [0.25, 0.3) is 16.3 Å². The van der Waals surface area contributed by atoms with E-state index in [1.54, 1.807) is 7.11 Å². The van der Waals surface area contributed by atoms with Gasteiger partial charge in [0.2, 0.25) is 0 Å². The van der Waals surface area contributed by atoms with Crippen molar-refractivity contribution in [2.45, 2.75) is 0 Å². The molecule has 3 aromatic rings. The van der Waals surface area contributed by atoms with Gasteiger partial charge < -0.3 is 4.74 Å². The monoisotopic (exact) mass is 265 g/mol. The standard InChI is InChI=1S/C11H8ClN3OS/c1-16-7-4-5-15-10(6-7)13-14-11(15)8-2-3-9(12)17-8/h2-6H,1H3. The molecule has 0 spiro atoms. The third-order valence-electron chi connectivity index (χ3n) is 2.41. The average molecular weight is 266 g/mol. The summed E-state index contributed by atoms with van der Waals surface area (Å²) >= 11 is 7.40. The zero-order valence-electron chi connectivity index (χ0n) is 8.92. The number of methoxy groups -OCH3 is 1. The number of hydrogen-bond acceptors (Lipinski definition) is 4. The summed E-state index contributed by atoms with van der Waals surface area (Å²) in [6.07, 6.45) is 1.89. The Balaban J connectivity index is 2.18. The lowest BCUT2D eigenvalue weighted by Gasteiger charge is -2.00. The van der Waals surface area contributed by atoms with Crippen LogP contribution >= 0.6 is 22.9 Å². The van der Waals surface area contributed by atoms with E-state index in [2.05, 4.69) is 10.2 Å². The van der Waals surface area contributed by atoms with Crippen LogP contribution in [0.5, 0.6) is 5.75 Å². The number of aromatic nitrogens is 3. The van der Waals surface area contributed by atoms with E-state index in [4.69, 9.17) is 16.3 Å². The molecule has 4 nitrogen and oxygen atoms in total. The van der Waals surface area contributed by atoms with Crippen molar-refractivity contribution in [1.29, 1.82) is 0 Å². The molecule has 3 rings (SSSR count). The molecule has 0 saturated carbocycles. The molecule has 0 saturated heterocycles. The Morgan fingerprint density at radius 2 is 2.18 bits per heavy atom. The second kappa shape index (κ2) is 4.01. The second-order valence-corrected chi connectivity index (χ2v) is 5.14. The van der Waals surface area contributed by atoms with E-state index in [1.807, 2.05) is 34.9 Å². The normalized spacial score (nSPS) is 10.9. The maximum atomic E-state index is 5.92. The quantitative estimate of drug-likeness (QED) is 0.715. The van der Waals surface area contributed by atoms with Gasteiger partial charge in [0.05, 0.1) is 16.3 Å². The lowest BCUT2D eigenvalue weighted by Crippen LogP contribution is -1.89. The fraction of sp³-hybridized carbons (Fsp3) is 0.0909. The minimum absolute atomic E-state index is 0.741. The highest BCUT2D eigenvalue weighted by molar-refractivity contribution is 7.19. The lowest BCUT2D eigenvalue weighted by atomic mass is 10.4. The summed E-state index contributed by atoms with van der Waals surface area (Å²) < 4.78 is 7.79. The summed E-state index contributed by atoms with van der Waals surface area (Å²) in [6.45, 7) is 0. The number of nitrogens with zero attached hydrogens (tertiary/aromatic N) is 3. The zero-order valence-corrected chi connectivity index (χ0v) is 10.5. The van der Waals surface area contributed by atoms with Gasteiger partial charge in [0.1, 0.15) is 5.75 Å². The maximum Gasteiger partial charge on any atom is 0.178 e. The molecule has 6 heteroatoms. The van der Waals surface area contributed by atoms with Crippen molar-refractivity contribution in [1.82, 2.24) is 14.6 Å². The number of rotatable bonds is 2. The summed E-state index contributed by atoms with van der Waals surface area (Å²) in [5, 5.41) is 8.27. The van der Waals surface area contributed by atoms with Gasteiger partial charge in [-0.1, -0.05) is 11.6 Å². The molecule has 0 unspecified atom stereocenters. The predicted octanol–water partition coefficient (Wildman–Crippen LogP) is 3.12. The molecule has 0 radical (unpaired) electrons. The average Bonchev–Trinajstić information content (AvgIpc) is 2.93. The minimum Gasteiger partial charge on any atom is -0.497 e. The molecule has 0 bridgehead atoms. The Kier molecular flexibility index (Phi) is 2.49. The third kappa shape index (κ3) is 1.77. The first-order chi connectivity index (χ1) is 8.28. The summed E-state index contributed by atoms with van der Waals surface area (Å²) in [6, 6.07) is 7.50. The summed E-state index contributed by atoms with van der Waals surface area (Å²) in [5.74, 6) is 1.56. The Morgan fingerprint density at radius 1 is 1.29 bits per heavy atom. The van der Waals surface area contributed by atoms with E-state index in [1.165, 1.54) is 11.3 Å². The van der Waals surface area contributed by atoms with E-state index >= 15 is 0 Å². The molecular weight excluding hydrogens is 258 g/mol. The molecule has 0 aliphatic carbocycles. The van der Waals surface area contributed by atoms with Crippen LogP contribution in [0, 0.1) is 0 Å². The van der Waals surface area contributed by atoms with E-state index in [9.17, 15) is 0 Å². The number of ether oxygens (including phenoxy) is 1. The molecule has 0 aliphatic rings. The van der Waals surface area contributed by atoms with Crippen LogP contribution in [-0.4, -0.2) is 21.7 Å². The molecule has 0 aliphatic heterocycles. The molecule has 0 amide bonds. The molecular formula is C11H8ClN3OS. The summed E-state index contributed by atoms with van der Waals surface area (Å²) in [4.78, 5) is 0.993. The van der Waals surface area contributed by atoms with Crippen LogP contribution in [0.3, 0.4) is 0 Å². The molecule has 3 heterocycles. The van der Waals surface area contributed by atoms with Crippen LogP contribution in [-0.2, 0) is 0 Å². The summed E-state index contributed by atoms with van der Waals surface area (Å²) in [7, 11) is 1.63. The first kappa shape index (κ1) is 10.6. The van der Waals surface area contributed by atoms with E-state index < -0.39 is 0 Å². The number of fused-ring (bicyclic) bond motifs is 1. The molecule has 0 fully saturated rings. The lowest BCUT2D eigenvalue weighted by molar-refractivity contribution is 0.414. The first-order valence-corrected chi connectivity index (χ1v) is 6.12. The van der Waals surface area contributed by atoms with Crippen LogP contribution < -0.4 is 4.74 Å². The van der Waals surface area contributed by atoms with Crippen molar-refractivity contribution in [3.05, 3.63) is 34.8 Å². The van der Waals surface area contributed by atoms with Gasteiger partial charge in [-0.05, 0) is 18.2 Å². The van der Waals surface area contributed by atoms with Gasteiger partial charge in [0.25, 0.3) is 0 Å². The van der Waals surface area contributed by atoms with E-state index in [-0.39, 0.29) is 0 Å². The Labute approximate surface area is 106 Å². The van der Waals surface area contributed by atoms with Gasteiger partial charge in [0.15, 0.2) is 11.5 Å². The molecule has 0 N–H and O–H groups in total. The Morgan fingerprint density at radius 3 is 2.88 bits per heavy atom. The third-order valence-corrected chi connectivity index (χ3v) is 3.64. The van der Waals surface area contributed by atoms with Crippen molar-refractivity contribution in [3.63, 3.8) is 0 Å². The zero-order chi connectivity index (χ0) is 11.8. The van der Waals surface area contributed by atoms with Gasteiger partial charge in [0, 0.05) is 12.3 Å². The highest BCUT2D eigenvalue weighted by Crippen LogP contribution is 2.30. The number of thiophene rings is 1. The SMILES string of the molecule is COc1ccn2c(-c3ccc(Cl)s3)nnc2c1. The Hall–Kier alpha value is -1.59.